The first-order chi connectivity index (χ1) is 15.5. The summed E-state index contributed by atoms with van der Waals surface area (Å²) in [6.07, 6.45) is 7.32. The van der Waals surface area contributed by atoms with Crippen LogP contribution in [-0.4, -0.2) is 34.2 Å². The van der Waals surface area contributed by atoms with E-state index >= 15 is 0 Å². The van der Waals surface area contributed by atoms with Gasteiger partial charge < -0.3 is 23.7 Å². The number of ketones is 1. The lowest BCUT2D eigenvalue weighted by molar-refractivity contribution is -0.119. The minimum Gasteiger partial charge on any atom is -0.497 e. The zero-order valence-electron chi connectivity index (χ0n) is 19.9. The van der Waals surface area contributed by atoms with Crippen molar-refractivity contribution < 1.29 is 28.5 Å². The van der Waals surface area contributed by atoms with Gasteiger partial charge in [0.1, 0.15) is 23.4 Å². The van der Waals surface area contributed by atoms with Crippen LogP contribution in [0.25, 0.3) is 6.08 Å². The van der Waals surface area contributed by atoms with Gasteiger partial charge in [-0.25, -0.2) is 0 Å². The van der Waals surface area contributed by atoms with Crippen molar-refractivity contribution in [2.45, 2.75) is 45.6 Å². The van der Waals surface area contributed by atoms with Crippen LogP contribution < -0.4 is 23.7 Å². The fourth-order valence-corrected chi connectivity index (χ4v) is 3.38. The molecule has 0 N–H and O–H groups in total. The van der Waals surface area contributed by atoms with Crippen LogP contribution in [0.4, 0.5) is 0 Å². The number of fused-ring (bicyclic) bond motifs is 1. The van der Waals surface area contributed by atoms with Crippen LogP contribution >= 0.6 is 0 Å². The second kappa shape index (κ2) is 12.6. The number of methoxy groups -OCH3 is 4. The van der Waals surface area contributed by atoms with Crippen molar-refractivity contribution in [1.29, 1.82) is 0 Å². The monoisotopic (exact) mass is 442 g/mol. The molecule has 1 aliphatic rings. The zero-order valence-corrected chi connectivity index (χ0v) is 19.9. The maximum Gasteiger partial charge on any atom is 0.203 e. The third kappa shape index (κ3) is 6.42. The van der Waals surface area contributed by atoms with Gasteiger partial charge in [-0.15, -0.1) is 0 Å². The minimum atomic E-state index is -0.252. The van der Waals surface area contributed by atoms with Crippen molar-refractivity contribution in [2.75, 3.05) is 28.4 Å². The molecule has 3 rings (SSSR count). The van der Waals surface area contributed by atoms with Gasteiger partial charge in [0.15, 0.2) is 11.5 Å². The lowest BCUT2D eigenvalue weighted by Crippen LogP contribution is -2.10. The Hall–Kier alpha value is -3.15. The van der Waals surface area contributed by atoms with Gasteiger partial charge >= 0.3 is 0 Å². The minimum absolute atomic E-state index is 0.252. The van der Waals surface area contributed by atoms with Crippen molar-refractivity contribution in [3.63, 3.8) is 0 Å². The van der Waals surface area contributed by atoms with Crippen LogP contribution in [0.1, 0.15) is 56.8 Å². The second-order valence-electron chi connectivity index (χ2n) is 7.30. The van der Waals surface area contributed by atoms with Crippen LogP contribution in [0.2, 0.25) is 0 Å². The Balaban J connectivity index is 0.000000390. The van der Waals surface area contributed by atoms with E-state index in [-0.39, 0.29) is 6.10 Å². The Labute approximate surface area is 191 Å². The Kier molecular flexibility index (Phi) is 9.92. The van der Waals surface area contributed by atoms with Gasteiger partial charge in [0, 0.05) is 30.0 Å². The zero-order chi connectivity index (χ0) is 23.5. The normalized spacial score (nSPS) is 13.8. The van der Waals surface area contributed by atoms with Gasteiger partial charge in [0.25, 0.3) is 0 Å². The van der Waals surface area contributed by atoms with Crippen molar-refractivity contribution in [3.8, 4) is 28.7 Å². The number of hydrogen-bond donors (Lipinski definition) is 0. The summed E-state index contributed by atoms with van der Waals surface area (Å²) >= 11 is 0. The molecule has 0 bridgehead atoms. The van der Waals surface area contributed by atoms with E-state index in [1.807, 2.05) is 56.3 Å². The number of ether oxygens (including phenoxy) is 5. The molecule has 0 radical (unpaired) electrons. The quantitative estimate of drug-likeness (QED) is 0.473. The number of carbonyl (C=O) groups is 1. The molecule has 2 aromatic carbocycles. The Bertz CT molecular complexity index is 886. The Morgan fingerprint density at radius 1 is 0.875 bits per heavy atom. The molecule has 0 spiro atoms. The summed E-state index contributed by atoms with van der Waals surface area (Å²) in [5.41, 5.74) is 1.92. The number of carbonyl (C=O) groups excluding carboxylic acids is 1. The molecule has 0 aliphatic carbocycles. The molecule has 0 saturated carbocycles. The van der Waals surface area contributed by atoms with E-state index in [9.17, 15) is 4.79 Å². The average molecular weight is 443 g/mol. The van der Waals surface area contributed by atoms with Crippen LogP contribution in [0.3, 0.4) is 0 Å². The van der Waals surface area contributed by atoms with Gasteiger partial charge in [-0.1, -0.05) is 19.9 Å². The highest BCUT2D eigenvalue weighted by atomic mass is 16.5. The van der Waals surface area contributed by atoms with Gasteiger partial charge in [0.05, 0.1) is 28.4 Å². The third-order valence-corrected chi connectivity index (χ3v) is 5.00. The van der Waals surface area contributed by atoms with Gasteiger partial charge in [-0.3, -0.25) is 4.79 Å². The molecular weight excluding hydrogens is 408 g/mol. The number of hydrogen-bond acceptors (Lipinski definition) is 6. The maximum absolute atomic E-state index is 10.6. The highest BCUT2D eigenvalue weighted by molar-refractivity contribution is 5.78. The summed E-state index contributed by atoms with van der Waals surface area (Å²) in [5.74, 6) is 3.70. The van der Waals surface area contributed by atoms with Crippen molar-refractivity contribution in [2.24, 2.45) is 0 Å². The van der Waals surface area contributed by atoms with Crippen LogP contribution in [0.5, 0.6) is 28.7 Å². The molecule has 6 heteroatoms. The molecule has 0 amide bonds. The molecule has 0 fully saturated rings. The van der Waals surface area contributed by atoms with Gasteiger partial charge in [0.2, 0.25) is 5.75 Å². The number of Topliss-reactive ketones (excluding diaryl/α,β-unsaturated/α-hetero) is 1. The summed E-state index contributed by atoms with van der Waals surface area (Å²) in [6, 6.07) is 9.54. The maximum atomic E-state index is 10.6. The molecule has 6 nitrogen and oxygen atoms in total. The highest BCUT2D eigenvalue weighted by Gasteiger charge is 2.21. The van der Waals surface area contributed by atoms with Crippen LogP contribution in [0, 0.1) is 0 Å². The van der Waals surface area contributed by atoms with Crippen LogP contribution in [0.15, 0.2) is 36.4 Å². The lowest BCUT2D eigenvalue weighted by atomic mass is 10.0. The highest BCUT2D eigenvalue weighted by Crippen LogP contribution is 2.42. The molecule has 174 valence electrons. The lowest BCUT2D eigenvalue weighted by Gasteiger charge is -2.23. The topological polar surface area (TPSA) is 63.2 Å². The first-order valence-electron chi connectivity index (χ1n) is 10.9. The Morgan fingerprint density at radius 3 is 2.00 bits per heavy atom. The van der Waals surface area contributed by atoms with E-state index in [1.165, 1.54) is 0 Å². The number of rotatable bonds is 9. The summed E-state index contributed by atoms with van der Waals surface area (Å²) in [7, 11) is 6.41. The SMILES string of the molecule is CCCC(=O)CCC.COc1ccc2c(c1)OC(c1cc(OC)c(OC)c(OC)c1)C=C2. The first kappa shape index (κ1) is 25.1. The largest absolute Gasteiger partial charge is 0.497 e. The van der Waals surface area contributed by atoms with E-state index in [4.69, 9.17) is 23.7 Å². The Morgan fingerprint density at radius 2 is 1.50 bits per heavy atom. The molecule has 1 atom stereocenters. The molecule has 1 heterocycles. The van der Waals surface area contributed by atoms with E-state index in [1.54, 1.807) is 28.4 Å². The average Bonchev–Trinajstić information content (AvgIpc) is 2.83. The molecular formula is C26H34O6. The standard InChI is InChI=1S/C19H20O5.C7H14O/c1-20-14-7-5-12-6-8-15(24-16(12)11-14)13-9-17(21-2)19(23-4)18(10-13)22-3;1-3-5-7(8)6-4-2/h5-11,15H,1-4H3;3-6H2,1-2H3. The van der Waals surface area contributed by atoms with Crippen molar-refractivity contribution >= 4 is 11.9 Å². The predicted octanol–water partition coefficient (Wildman–Crippen LogP) is 6.02. The van der Waals surface area contributed by atoms with Crippen molar-refractivity contribution in [1.82, 2.24) is 0 Å². The van der Waals surface area contributed by atoms with Crippen molar-refractivity contribution in [3.05, 3.63) is 47.5 Å². The van der Waals surface area contributed by atoms with E-state index < -0.39 is 0 Å². The summed E-state index contributed by atoms with van der Waals surface area (Å²) in [4.78, 5) is 10.6. The summed E-state index contributed by atoms with van der Waals surface area (Å²) < 4.78 is 27.6. The first-order valence-corrected chi connectivity index (χ1v) is 10.9. The van der Waals surface area contributed by atoms with E-state index in [2.05, 4.69) is 0 Å². The number of benzene rings is 2. The molecule has 1 unspecified atom stereocenters. The summed E-state index contributed by atoms with van der Waals surface area (Å²) in [6.45, 7) is 4.07. The molecule has 32 heavy (non-hydrogen) atoms. The molecule has 1 aliphatic heterocycles. The van der Waals surface area contributed by atoms with E-state index in [0.29, 0.717) is 23.0 Å². The second-order valence-corrected chi connectivity index (χ2v) is 7.30. The summed E-state index contributed by atoms with van der Waals surface area (Å²) in [5, 5.41) is 0. The van der Waals surface area contributed by atoms with Gasteiger partial charge in [-0.05, 0) is 43.2 Å². The fourth-order valence-electron chi connectivity index (χ4n) is 3.38. The van der Waals surface area contributed by atoms with Gasteiger partial charge in [-0.2, -0.15) is 0 Å². The predicted molar refractivity (Wildman–Crippen MR) is 126 cm³/mol. The molecule has 2 aromatic rings. The van der Waals surface area contributed by atoms with Crippen LogP contribution in [-0.2, 0) is 4.79 Å². The fraction of sp³-hybridized carbons (Fsp3) is 0.423. The van der Waals surface area contributed by atoms with E-state index in [0.717, 1.165) is 48.3 Å². The third-order valence-electron chi connectivity index (χ3n) is 5.00. The molecule has 0 aromatic heterocycles. The smallest absolute Gasteiger partial charge is 0.203 e. The molecule has 0 saturated heterocycles.